The van der Waals surface area contributed by atoms with Crippen LogP contribution in [0.1, 0.15) is 12.0 Å². The number of amides is 1. The maximum Gasteiger partial charge on any atom is 0.227 e. The minimum absolute atomic E-state index is 0.101. The number of ether oxygens (including phenoxy) is 1. The van der Waals surface area contributed by atoms with Gasteiger partial charge in [0.2, 0.25) is 5.91 Å². The number of nitrogen functional groups attached to an aromatic ring is 1. The van der Waals surface area contributed by atoms with Crippen molar-refractivity contribution in [2.75, 3.05) is 17.7 Å². The number of carbonyl (C=O) groups excluding carboxylic acids is 1. The normalized spacial score (nSPS) is 10.2. The Morgan fingerprint density at radius 3 is 2.62 bits per heavy atom. The van der Waals surface area contributed by atoms with Crippen LogP contribution < -0.4 is 15.8 Å². The van der Waals surface area contributed by atoms with Crippen molar-refractivity contribution in [2.24, 2.45) is 0 Å². The monoisotopic (exact) mass is 304 g/mol. The summed E-state index contributed by atoms with van der Waals surface area (Å²) in [4.78, 5) is 11.8. The van der Waals surface area contributed by atoms with Crippen LogP contribution in [0.25, 0.3) is 0 Å². The van der Waals surface area contributed by atoms with Crippen molar-refractivity contribution < 1.29 is 9.53 Å². The first-order chi connectivity index (χ1) is 10.0. The van der Waals surface area contributed by atoms with Crippen LogP contribution in [-0.4, -0.2) is 12.5 Å². The number of nitrogens with two attached hydrogens (primary N) is 1. The molecule has 0 heterocycles. The topological polar surface area (TPSA) is 64.3 Å². The first-order valence-electron chi connectivity index (χ1n) is 6.59. The quantitative estimate of drug-likeness (QED) is 0.829. The van der Waals surface area contributed by atoms with Crippen molar-refractivity contribution in [3.63, 3.8) is 0 Å². The molecule has 4 nitrogen and oxygen atoms in total. The Kier molecular flexibility index (Phi) is 5.06. The molecule has 2 aromatic rings. The van der Waals surface area contributed by atoms with E-state index in [9.17, 15) is 4.79 Å². The first-order valence-corrected chi connectivity index (χ1v) is 6.97. The van der Waals surface area contributed by atoms with E-state index in [1.165, 1.54) is 0 Å². The van der Waals surface area contributed by atoms with E-state index in [-0.39, 0.29) is 12.3 Å². The van der Waals surface area contributed by atoms with E-state index in [1.807, 2.05) is 13.0 Å². The van der Waals surface area contributed by atoms with E-state index in [1.54, 1.807) is 36.4 Å². The molecule has 1 amide bonds. The molecule has 110 valence electrons. The van der Waals surface area contributed by atoms with Gasteiger partial charge in [-0.3, -0.25) is 4.79 Å². The van der Waals surface area contributed by atoms with Crippen molar-refractivity contribution in [2.45, 2.75) is 13.3 Å². The number of hydrogen-bond donors (Lipinski definition) is 2. The molecule has 5 heteroatoms. The maximum atomic E-state index is 11.8. The highest BCUT2D eigenvalue weighted by molar-refractivity contribution is 6.30. The van der Waals surface area contributed by atoms with Crippen LogP contribution in [-0.2, 0) is 4.79 Å². The predicted octanol–water partition coefficient (Wildman–Crippen LogP) is 3.64. The van der Waals surface area contributed by atoms with Crippen LogP contribution in [0.5, 0.6) is 5.75 Å². The minimum atomic E-state index is -0.101. The molecule has 3 N–H and O–H groups in total. The van der Waals surface area contributed by atoms with E-state index < -0.39 is 0 Å². The molecule has 0 aromatic heterocycles. The van der Waals surface area contributed by atoms with Gasteiger partial charge in [-0.15, -0.1) is 0 Å². The Labute approximate surface area is 128 Å². The van der Waals surface area contributed by atoms with E-state index in [4.69, 9.17) is 22.1 Å². The number of benzene rings is 2. The predicted molar refractivity (Wildman–Crippen MR) is 85.8 cm³/mol. The Balaban J connectivity index is 1.81. The number of carbonyl (C=O) groups is 1. The van der Waals surface area contributed by atoms with Crippen LogP contribution in [0, 0.1) is 6.92 Å². The Morgan fingerprint density at radius 1 is 1.24 bits per heavy atom. The third-order valence-corrected chi connectivity index (χ3v) is 3.18. The van der Waals surface area contributed by atoms with Crippen LogP contribution in [0.15, 0.2) is 42.5 Å². The molecule has 0 aliphatic rings. The number of rotatable bonds is 5. The van der Waals surface area contributed by atoms with Gasteiger partial charge in [0.25, 0.3) is 0 Å². The summed E-state index contributed by atoms with van der Waals surface area (Å²) >= 11 is 5.87. The third kappa shape index (κ3) is 4.68. The summed E-state index contributed by atoms with van der Waals surface area (Å²) in [5.41, 5.74) is 7.95. The largest absolute Gasteiger partial charge is 0.493 e. The highest BCUT2D eigenvalue weighted by atomic mass is 35.5. The summed E-state index contributed by atoms with van der Waals surface area (Å²) in [7, 11) is 0. The van der Waals surface area contributed by atoms with E-state index >= 15 is 0 Å². The third-order valence-electron chi connectivity index (χ3n) is 2.94. The van der Waals surface area contributed by atoms with Gasteiger partial charge >= 0.3 is 0 Å². The molecule has 0 atom stereocenters. The lowest BCUT2D eigenvalue weighted by atomic mass is 10.2. The van der Waals surface area contributed by atoms with Crippen molar-refractivity contribution >= 4 is 28.9 Å². The summed E-state index contributed by atoms with van der Waals surface area (Å²) in [5, 5.41) is 3.49. The van der Waals surface area contributed by atoms with Crippen LogP contribution in [0.3, 0.4) is 0 Å². The van der Waals surface area contributed by atoms with Crippen molar-refractivity contribution in [3.8, 4) is 5.75 Å². The fourth-order valence-electron chi connectivity index (χ4n) is 1.81. The molecule has 0 saturated heterocycles. The van der Waals surface area contributed by atoms with Crippen molar-refractivity contribution in [1.29, 1.82) is 0 Å². The summed E-state index contributed by atoms with van der Waals surface area (Å²) < 4.78 is 5.48. The van der Waals surface area contributed by atoms with Gasteiger partial charge in [0.15, 0.2) is 0 Å². The van der Waals surface area contributed by atoms with Crippen LogP contribution in [0.4, 0.5) is 11.4 Å². The smallest absolute Gasteiger partial charge is 0.227 e. The summed E-state index contributed by atoms with van der Waals surface area (Å²) in [6.45, 7) is 2.20. The SMILES string of the molecule is Cc1cc(Cl)ccc1NC(=O)CCOc1ccc(N)cc1. The molecule has 0 unspecified atom stereocenters. The average Bonchev–Trinajstić information content (AvgIpc) is 2.44. The highest BCUT2D eigenvalue weighted by Crippen LogP contribution is 2.19. The summed E-state index contributed by atoms with van der Waals surface area (Å²) in [6, 6.07) is 12.4. The second-order valence-electron chi connectivity index (χ2n) is 4.67. The van der Waals surface area contributed by atoms with Crippen LogP contribution >= 0.6 is 11.6 Å². The molecular formula is C16H17ClN2O2. The van der Waals surface area contributed by atoms with E-state index in [0.717, 1.165) is 11.3 Å². The fourth-order valence-corrected chi connectivity index (χ4v) is 2.03. The van der Waals surface area contributed by atoms with Crippen LogP contribution in [0.2, 0.25) is 5.02 Å². The molecule has 2 aromatic carbocycles. The molecule has 0 bridgehead atoms. The lowest BCUT2D eigenvalue weighted by Gasteiger charge is -2.09. The minimum Gasteiger partial charge on any atom is -0.493 e. The van der Waals surface area contributed by atoms with Gasteiger partial charge in [-0.25, -0.2) is 0 Å². The fraction of sp³-hybridized carbons (Fsp3) is 0.188. The molecule has 2 rings (SSSR count). The molecule has 0 aliphatic heterocycles. The molecule has 21 heavy (non-hydrogen) atoms. The number of hydrogen-bond acceptors (Lipinski definition) is 3. The Hall–Kier alpha value is -2.20. The van der Waals surface area contributed by atoms with Gasteiger partial charge in [0, 0.05) is 16.4 Å². The number of aryl methyl sites for hydroxylation is 1. The number of anilines is 2. The van der Waals surface area contributed by atoms with Crippen molar-refractivity contribution in [3.05, 3.63) is 53.1 Å². The van der Waals surface area contributed by atoms with Gasteiger partial charge in [-0.2, -0.15) is 0 Å². The van der Waals surface area contributed by atoms with Crippen molar-refractivity contribution in [1.82, 2.24) is 0 Å². The lowest BCUT2D eigenvalue weighted by Crippen LogP contribution is -2.15. The van der Waals surface area contributed by atoms with Gasteiger partial charge in [0.1, 0.15) is 5.75 Å². The maximum absolute atomic E-state index is 11.8. The van der Waals surface area contributed by atoms with Gasteiger partial charge in [-0.1, -0.05) is 11.6 Å². The second kappa shape index (κ2) is 6.99. The molecule has 0 radical (unpaired) electrons. The molecule has 0 aliphatic carbocycles. The highest BCUT2D eigenvalue weighted by Gasteiger charge is 2.05. The molecule has 0 spiro atoms. The number of halogens is 1. The van der Waals surface area contributed by atoms with E-state index in [2.05, 4.69) is 5.32 Å². The zero-order valence-electron chi connectivity index (χ0n) is 11.7. The second-order valence-corrected chi connectivity index (χ2v) is 5.11. The van der Waals surface area contributed by atoms with Gasteiger partial charge in [0.05, 0.1) is 13.0 Å². The molecule has 0 fully saturated rings. The standard InChI is InChI=1S/C16H17ClN2O2/c1-11-10-12(17)2-7-15(11)19-16(20)8-9-21-14-5-3-13(18)4-6-14/h2-7,10H,8-9,18H2,1H3,(H,19,20). The Bertz CT molecular complexity index is 627. The lowest BCUT2D eigenvalue weighted by molar-refractivity contribution is -0.116. The summed E-state index contributed by atoms with van der Waals surface area (Å²) in [5.74, 6) is 0.593. The van der Waals surface area contributed by atoms with E-state index in [0.29, 0.717) is 23.1 Å². The molecule has 0 saturated carbocycles. The number of nitrogens with one attached hydrogen (secondary N) is 1. The van der Waals surface area contributed by atoms with Gasteiger partial charge in [-0.05, 0) is 55.0 Å². The first kappa shape index (κ1) is 15.2. The zero-order valence-corrected chi connectivity index (χ0v) is 12.5. The molecular weight excluding hydrogens is 288 g/mol. The zero-order chi connectivity index (χ0) is 15.2. The Morgan fingerprint density at radius 2 is 1.95 bits per heavy atom. The summed E-state index contributed by atoms with van der Waals surface area (Å²) in [6.07, 6.45) is 0.270. The van der Waals surface area contributed by atoms with Gasteiger partial charge < -0.3 is 15.8 Å². The average molecular weight is 305 g/mol.